The van der Waals surface area contributed by atoms with E-state index in [4.69, 9.17) is 34.3 Å². The monoisotopic (exact) mass is 179 g/mol. The first-order chi connectivity index (χ1) is 3.73. The third-order valence-corrected chi connectivity index (χ3v) is 0. The van der Waals surface area contributed by atoms with Gasteiger partial charge in [-0.3, -0.25) is 0 Å². The molecule has 0 saturated heterocycles. The summed E-state index contributed by atoms with van der Waals surface area (Å²) in [4.78, 5) is 34.0. The molecule has 0 fully saturated rings. The summed E-state index contributed by atoms with van der Waals surface area (Å²) in [7, 11) is -5.39. The van der Waals surface area contributed by atoms with E-state index in [-0.39, 0.29) is 23.1 Å². The molecule has 0 rings (SSSR count). The number of carbonyl (C=O) groups is 1. The van der Waals surface area contributed by atoms with E-state index in [0.29, 0.717) is 0 Å². The molecule has 0 aliphatic carbocycles. The predicted octanol–water partition coefficient (Wildman–Crippen LogP) is -5.65. The number of carbonyl (C=O) groups excluding carboxylic acids is 1. The Balaban J connectivity index is -0.0000000910. The van der Waals surface area contributed by atoms with E-state index >= 15 is 0 Å². The fraction of sp³-hybridized carbons (Fsp3) is 0. The minimum atomic E-state index is -5.39. The van der Waals surface area contributed by atoms with Crippen molar-refractivity contribution >= 4 is 37.0 Å². The molecule has 0 bridgehead atoms. The summed E-state index contributed by atoms with van der Waals surface area (Å²) in [5.74, 6) is 0. The van der Waals surface area contributed by atoms with Gasteiger partial charge in [-0.25, -0.2) is 0 Å². The van der Waals surface area contributed by atoms with Crippen LogP contribution in [0.25, 0.3) is 0 Å². The molecule has 7 nitrogen and oxygen atoms in total. The van der Waals surface area contributed by atoms with Crippen LogP contribution >= 0.6 is 7.82 Å². The van der Waals surface area contributed by atoms with Gasteiger partial charge in [0.15, 0.2) is 0 Å². The molecule has 0 aliphatic heterocycles. The molecule has 0 aromatic carbocycles. The largest absolute Gasteiger partial charge is 2.00 e. The van der Waals surface area contributed by atoms with Crippen molar-refractivity contribution in [3.05, 3.63) is 0 Å². The molecule has 0 atom stereocenters. The zero-order valence-electron chi connectivity index (χ0n) is 4.51. The van der Waals surface area contributed by atoms with Crippen molar-refractivity contribution in [2.75, 3.05) is 0 Å². The second-order valence-electron chi connectivity index (χ2n) is 0.697. The molecule has 0 spiro atoms. The van der Waals surface area contributed by atoms with Crippen molar-refractivity contribution in [1.82, 2.24) is 0 Å². The molecule has 0 N–H and O–H groups in total. The number of hydrogen-bond donors (Lipinski definition) is 0. The molecule has 9 heteroatoms. The Morgan fingerprint density at radius 2 is 1.10 bits per heavy atom. The van der Waals surface area contributed by atoms with Crippen LogP contribution in [0.15, 0.2) is 0 Å². The van der Waals surface area contributed by atoms with Gasteiger partial charge in [0.1, 0.15) is 0 Å². The van der Waals surface area contributed by atoms with Crippen LogP contribution in [0.4, 0.5) is 4.79 Å². The van der Waals surface area contributed by atoms with Crippen molar-refractivity contribution in [3.63, 3.8) is 0 Å². The van der Waals surface area contributed by atoms with Crippen molar-refractivity contribution in [1.29, 1.82) is 0 Å². The molecule has 0 aliphatic rings. The standard InChI is InChI=1S/CH2O3.Mg.H3O4P/c2-1(3)4;;1-5(2,3)4/h(H2,2,3,4);;(H3,1,2,3,4)/q;+2;/p-5. The summed E-state index contributed by atoms with van der Waals surface area (Å²) in [6, 6.07) is 0. The quantitative estimate of drug-likeness (QED) is 0.265. The Bertz CT molecular complexity index is 113. The second-order valence-corrected chi connectivity index (χ2v) is 1.59. The minimum absolute atomic E-state index is 0. The van der Waals surface area contributed by atoms with Gasteiger partial charge in [-0.1, -0.05) is 0 Å². The van der Waals surface area contributed by atoms with Gasteiger partial charge in [0.2, 0.25) is 0 Å². The molecule has 0 amide bonds. The first kappa shape index (κ1) is 16.6. The number of carboxylic acid groups (broad SMARTS) is 2. The van der Waals surface area contributed by atoms with Gasteiger partial charge in [-0.15, -0.1) is 0 Å². The Morgan fingerprint density at radius 1 is 1.10 bits per heavy atom. The van der Waals surface area contributed by atoms with E-state index in [2.05, 4.69) is 0 Å². The molecular formula is CMgO7P-3. The summed E-state index contributed by atoms with van der Waals surface area (Å²) in [6.45, 7) is 0. The maximum Gasteiger partial charge on any atom is 2.00 e. The molecule has 0 aromatic rings. The van der Waals surface area contributed by atoms with Crippen molar-refractivity contribution < 1.29 is 34.3 Å². The van der Waals surface area contributed by atoms with E-state index in [1.54, 1.807) is 0 Å². The van der Waals surface area contributed by atoms with E-state index in [9.17, 15) is 0 Å². The predicted molar refractivity (Wildman–Crippen MR) is 18.8 cm³/mol. The molecule has 0 saturated carbocycles. The third kappa shape index (κ3) is 19500. The van der Waals surface area contributed by atoms with Crippen LogP contribution in [0.1, 0.15) is 0 Å². The summed E-state index contributed by atoms with van der Waals surface area (Å²) < 4.78 is 8.55. The smallest absolute Gasteiger partial charge is 0.822 e. The molecule has 0 radical (unpaired) electrons. The molecule has 56 valence electrons. The number of phosphoric acid groups is 1. The van der Waals surface area contributed by atoms with E-state index < -0.39 is 14.0 Å². The average molecular weight is 179 g/mol. The fourth-order valence-electron chi connectivity index (χ4n) is 0. The van der Waals surface area contributed by atoms with Gasteiger partial charge in [-0.2, -0.15) is 7.82 Å². The summed E-state index contributed by atoms with van der Waals surface area (Å²) in [6.07, 6.45) is -2.33. The van der Waals surface area contributed by atoms with E-state index in [1.165, 1.54) is 0 Å². The van der Waals surface area contributed by atoms with Gasteiger partial charge in [-0.05, 0) is 6.16 Å². The zero-order valence-corrected chi connectivity index (χ0v) is 6.82. The topological polar surface area (TPSA) is 149 Å². The Labute approximate surface area is 71.7 Å². The maximum absolute atomic E-state index is 8.55. The molecule has 0 aromatic heterocycles. The van der Waals surface area contributed by atoms with E-state index in [1.807, 2.05) is 0 Å². The van der Waals surface area contributed by atoms with Crippen LogP contribution in [-0.2, 0) is 4.57 Å². The summed E-state index contributed by atoms with van der Waals surface area (Å²) in [5, 5.41) is 16.7. The van der Waals surface area contributed by atoms with Crippen LogP contribution in [0.5, 0.6) is 0 Å². The molecule has 10 heavy (non-hydrogen) atoms. The van der Waals surface area contributed by atoms with Crippen LogP contribution < -0.4 is 24.9 Å². The van der Waals surface area contributed by atoms with Crippen molar-refractivity contribution in [3.8, 4) is 0 Å². The fourth-order valence-corrected chi connectivity index (χ4v) is 0. The number of rotatable bonds is 0. The van der Waals surface area contributed by atoms with Crippen LogP contribution in [0.3, 0.4) is 0 Å². The van der Waals surface area contributed by atoms with Gasteiger partial charge in [0.25, 0.3) is 0 Å². The van der Waals surface area contributed by atoms with Crippen LogP contribution in [0.2, 0.25) is 0 Å². The molecular weight excluding hydrogens is 179 g/mol. The summed E-state index contributed by atoms with van der Waals surface area (Å²) in [5.41, 5.74) is 0. The second kappa shape index (κ2) is 7.26. The third-order valence-electron chi connectivity index (χ3n) is 0. The molecule has 0 heterocycles. The maximum atomic E-state index is 8.55. The average Bonchev–Trinajstić information content (AvgIpc) is 1.19. The SMILES string of the molecule is O=C([O-])[O-].O=P([O-])([O-])[O-].[Mg+2]. The van der Waals surface area contributed by atoms with Gasteiger partial charge >= 0.3 is 23.1 Å². The van der Waals surface area contributed by atoms with Crippen LogP contribution in [0, 0.1) is 0 Å². The van der Waals surface area contributed by atoms with Gasteiger partial charge in [0.05, 0.1) is 0 Å². The number of hydrogen-bond acceptors (Lipinski definition) is 7. The van der Waals surface area contributed by atoms with Crippen LogP contribution in [-0.4, -0.2) is 29.2 Å². The summed E-state index contributed by atoms with van der Waals surface area (Å²) >= 11 is 0. The molecule has 0 unspecified atom stereocenters. The van der Waals surface area contributed by atoms with Crippen molar-refractivity contribution in [2.24, 2.45) is 0 Å². The minimum Gasteiger partial charge on any atom is -0.822 e. The Morgan fingerprint density at radius 3 is 1.10 bits per heavy atom. The first-order valence-electron chi connectivity index (χ1n) is 1.34. The first-order valence-corrected chi connectivity index (χ1v) is 2.80. The van der Waals surface area contributed by atoms with Crippen molar-refractivity contribution in [2.45, 2.75) is 0 Å². The normalized spacial score (nSPS) is 8.30. The Hall–Kier alpha value is 0.146. The zero-order chi connectivity index (χ0) is 8.08. The Kier molecular flexibility index (Phi) is 12.1. The van der Waals surface area contributed by atoms with Gasteiger partial charge in [0, 0.05) is 0 Å². The van der Waals surface area contributed by atoms with Gasteiger partial charge < -0.3 is 34.3 Å². The van der Waals surface area contributed by atoms with E-state index in [0.717, 1.165) is 0 Å².